The van der Waals surface area contributed by atoms with Crippen molar-refractivity contribution in [2.45, 2.75) is 13.0 Å². The third-order valence-electron chi connectivity index (χ3n) is 2.83. The summed E-state index contributed by atoms with van der Waals surface area (Å²) in [5.74, 6) is 1.33. The number of hydrogen-bond acceptors (Lipinski definition) is 3. The molecule has 6 heteroatoms. The van der Waals surface area contributed by atoms with Crippen LogP contribution in [-0.2, 0) is 0 Å². The van der Waals surface area contributed by atoms with E-state index in [-0.39, 0.29) is 6.04 Å². The molecule has 0 aliphatic heterocycles. The molecule has 3 nitrogen and oxygen atoms in total. The molecule has 108 valence electrons. The fourth-order valence-electron chi connectivity index (χ4n) is 1.97. The predicted molar refractivity (Wildman–Crippen MR) is 84.9 cm³/mol. The van der Waals surface area contributed by atoms with Crippen molar-refractivity contribution in [2.24, 2.45) is 0 Å². The van der Waals surface area contributed by atoms with Crippen molar-refractivity contribution < 1.29 is 9.15 Å². The van der Waals surface area contributed by atoms with Crippen LogP contribution < -0.4 is 10.1 Å². The summed E-state index contributed by atoms with van der Waals surface area (Å²) < 4.78 is 11.7. The molecule has 2 aromatic rings. The van der Waals surface area contributed by atoms with E-state index in [2.05, 4.69) is 21.2 Å². The van der Waals surface area contributed by atoms with Crippen LogP contribution in [0.5, 0.6) is 5.75 Å². The minimum absolute atomic E-state index is 0.179. The van der Waals surface area contributed by atoms with E-state index in [4.69, 9.17) is 32.4 Å². The maximum absolute atomic E-state index is 6.34. The Labute approximate surface area is 136 Å². The van der Waals surface area contributed by atoms with E-state index in [1.54, 1.807) is 12.1 Å². The molecule has 2 rings (SSSR count). The third-order valence-corrected chi connectivity index (χ3v) is 3.88. The zero-order valence-corrected chi connectivity index (χ0v) is 14.1. The van der Waals surface area contributed by atoms with Crippen LogP contribution in [0.2, 0.25) is 10.0 Å². The third kappa shape index (κ3) is 3.31. The molecule has 0 amide bonds. The molecule has 0 saturated carbocycles. The highest BCUT2D eigenvalue weighted by molar-refractivity contribution is 9.10. The molecule has 1 unspecified atom stereocenters. The number of furan rings is 1. The second-order valence-electron chi connectivity index (χ2n) is 4.10. The minimum atomic E-state index is -0.179. The molecule has 1 aromatic heterocycles. The fraction of sp³-hybridized carbons (Fsp3) is 0.286. The largest absolute Gasteiger partial charge is 0.492 e. The Balaban J connectivity index is 2.42. The highest BCUT2D eigenvalue weighted by Crippen LogP contribution is 2.37. The van der Waals surface area contributed by atoms with Crippen molar-refractivity contribution in [3.63, 3.8) is 0 Å². The molecule has 20 heavy (non-hydrogen) atoms. The Morgan fingerprint density at radius 2 is 2.05 bits per heavy atom. The summed E-state index contributed by atoms with van der Waals surface area (Å²) in [7, 11) is 1.84. The van der Waals surface area contributed by atoms with Crippen LogP contribution in [0.4, 0.5) is 0 Å². The Bertz CT molecular complexity index is 601. The van der Waals surface area contributed by atoms with Crippen molar-refractivity contribution in [1.82, 2.24) is 5.32 Å². The highest BCUT2D eigenvalue weighted by Gasteiger charge is 2.20. The zero-order valence-electron chi connectivity index (χ0n) is 11.0. The molecule has 0 spiro atoms. The van der Waals surface area contributed by atoms with Crippen LogP contribution in [0.3, 0.4) is 0 Å². The number of rotatable bonds is 5. The van der Waals surface area contributed by atoms with Gasteiger partial charge in [0.2, 0.25) is 0 Å². The van der Waals surface area contributed by atoms with Crippen LogP contribution in [-0.4, -0.2) is 13.7 Å². The highest BCUT2D eigenvalue weighted by atomic mass is 79.9. The SMILES string of the molecule is CCOc1cc(Cl)c(C(NC)c2ccc(Br)o2)cc1Cl. The molecule has 0 saturated heterocycles. The van der Waals surface area contributed by atoms with Gasteiger partial charge in [-0.05, 0) is 53.7 Å². The first-order chi connectivity index (χ1) is 9.56. The summed E-state index contributed by atoms with van der Waals surface area (Å²) in [6.07, 6.45) is 0. The van der Waals surface area contributed by atoms with E-state index >= 15 is 0 Å². The maximum Gasteiger partial charge on any atom is 0.169 e. The summed E-state index contributed by atoms with van der Waals surface area (Å²) in [5.41, 5.74) is 0.837. The van der Waals surface area contributed by atoms with Crippen molar-refractivity contribution in [3.05, 3.63) is 50.3 Å². The lowest BCUT2D eigenvalue weighted by Gasteiger charge is -2.17. The summed E-state index contributed by atoms with van der Waals surface area (Å²) >= 11 is 15.9. The lowest BCUT2D eigenvalue weighted by molar-refractivity contribution is 0.340. The number of ether oxygens (including phenoxy) is 1. The lowest BCUT2D eigenvalue weighted by Crippen LogP contribution is -2.17. The van der Waals surface area contributed by atoms with Crippen LogP contribution in [0, 0.1) is 0 Å². The Morgan fingerprint density at radius 3 is 2.60 bits per heavy atom. The Kier molecular flexibility index (Phi) is 5.38. The summed E-state index contributed by atoms with van der Waals surface area (Å²) in [5, 5.41) is 4.27. The van der Waals surface area contributed by atoms with E-state index in [0.29, 0.717) is 27.1 Å². The van der Waals surface area contributed by atoms with Gasteiger partial charge in [0.25, 0.3) is 0 Å². The van der Waals surface area contributed by atoms with Crippen LogP contribution in [0.25, 0.3) is 0 Å². The predicted octanol–water partition coefficient (Wildman–Crippen LogP) is 5.06. The van der Waals surface area contributed by atoms with E-state index in [1.165, 1.54) is 0 Å². The molecular formula is C14H14BrCl2NO2. The van der Waals surface area contributed by atoms with Gasteiger partial charge in [-0.2, -0.15) is 0 Å². The maximum atomic E-state index is 6.34. The molecule has 1 N–H and O–H groups in total. The zero-order chi connectivity index (χ0) is 14.7. The summed E-state index contributed by atoms with van der Waals surface area (Å²) in [6.45, 7) is 2.44. The lowest BCUT2D eigenvalue weighted by atomic mass is 10.0. The summed E-state index contributed by atoms with van der Waals surface area (Å²) in [4.78, 5) is 0. The topological polar surface area (TPSA) is 34.4 Å². The van der Waals surface area contributed by atoms with Gasteiger partial charge in [0.1, 0.15) is 11.5 Å². The van der Waals surface area contributed by atoms with E-state index < -0.39 is 0 Å². The van der Waals surface area contributed by atoms with Crippen molar-refractivity contribution in [2.75, 3.05) is 13.7 Å². The molecule has 0 aliphatic carbocycles. The first kappa shape index (κ1) is 15.7. The van der Waals surface area contributed by atoms with Crippen molar-refractivity contribution >= 4 is 39.1 Å². The number of hydrogen-bond donors (Lipinski definition) is 1. The van der Waals surface area contributed by atoms with Gasteiger partial charge < -0.3 is 14.5 Å². The van der Waals surface area contributed by atoms with Crippen LogP contribution >= 0.6 is 39.1 Å². The monoisotopic (exact) mass is 377 g/mol. The molecule has 0 bridgehead atoms. The van der Waals surface area contributed by atoms with Gasteiger partial charge in [0, 0.05) is 11.1 Å². The molecule has 0 aliphatic rings. The van der Waals surface area contributed by atoms with Gasteiger partial charge >= 0.3 is 0 Å². The van der Waals surface area contributed by atoms with Crippen molar-refractivity contribution in [3.8, 4) is 5.75 Å². The smallest absolute Gasteiger partial charge is 0.169 e. The fourth-order valence-corrected chi connectivity index (χ4v) is 2.77. The van der Waals surface area contributed by atoms with Gasteiger partial charge in [-0.1, -0.05) is 23.2 Å². The van der Waals surface area contributed by atoms with Gasteiger partial charge in [-0.15, -0.1) is 0 Å². The molecule has 0 radical (unpaired) electrons. The quantitative estimate of drug-likeness (QED) is 0.789. The average molecular weight is 379 g/mol. The normalized spacial score (nSPS) is 12.4. The average Bonchev–Trinajstić information content (AvgIpc) is 2.83. The van der Waals surface area contributed by atoms with Gasteiger partial charge in [0.15, 0.2) is 4.67 Å². The number of halogens is 3. The first-order valence-electron chi connectivity index (χ1n) is 6.11. The van der Waals surface area contributed by atoms with Gasteiger partial charge in [-0.25, -0.2) is 0 Å². The standard InChI is InChI=1S/C14H14BrCl2NO2/c1-3-19-12-7-9(16)8(6-10(12)17)14(18-2)11-4-5-13(15)20-11/h4-7,14,18H,3H2,1-2H3. The van der Waals surface area contributed by atoms with E-state index in [9.17, 15) is 0 Å². The van der Waals surface area contributed by atoms with Gasteiger partial charge in [0.05, 0.1) is 17.7 Å². The first-order valence-corrected chi connectivity index (χ1v) is 7.66. The molecule has 0 fully saturated rings. The van der Waals surface area contributed by atoms with Crippen LogP contribution in [0.1, 0.15) is 24.3 Å². The minimum Gasteiger partial charge on any atom is -0.492 e. The van der Waals surface area contributed by atoms with E-state index in [0.717, 1.165) is 11.3 Å². The van der Waals surface area contributed by atoms with Crippen molar-refractivity contribution in [1.29, 1.82) is 0 Å². The van der Waals surface area contributed by atoms with E-state index in [1.807, 2.05) is 26.1 Å². The molecule has 1 heterocycles. The molecule has 1 aromatic carbocycles. The molecular weight excluding hydrogens is 365 g/mol. The second kappa shape index (κ2) is 6.85. The molecule has 1 atom stereocenters. The Hall–Kier alpha value is -0.680. The number of nitrogens with one attached hydrogen (secondary N) is 1. The Morgan fingerprint density at radius 1 is 1.30 bits per heavy atom. The van der Waals surface area contributed by atoms with Crippen LogP contribution in [0.15, 0.2) is 33.4 Å². The number of benzene rings is 1. The summed E-state index contributed by atoms with van der Waals surface area (Å²) in [6, 6.07) is 7.06. The second-order valence-corrected chi connectivity index (χ2v) is 5.70. The van der Waals surface area contributed by atoms with Gasteiger partial charge in [-0.3, -0.25) is 0 Å².